The Kier molecular flexibility index (Phi) is 8.01. The van der Waals surface area contributed by atoms with Crippen LogP contribution in [0, 0.1) is 13.8 Å². The van der Waals surface area contributed by atoms with Crippen LogP contribution in [0.15, 0.2) is 42.1 Å². The molecule has 3 aromatic rings. The molecule has 0 aliphatic carbocycles. The number of anilines is 2. The van der Waals surface area contributed by atoms with E-state index in [4.69, 9.17) is 4.74 Å². The summed E-state index contributed by atoms with van der Waals surface area (Å²) in [7, 11) is 1.57. The Morgan fingerprint density at radius 2 is 2.06 bits per heavy atom. The van der Waals surface area contributed by atoms with Gasteiger partial charge in [0.15, 0.2) is 10.3 Å². The molecule has 0 atom stereocenters. The van der Waals surface area contributed by atoms with Gasteiger partial charge in [-0.05, 0) is 26.0 Å². The number of aromatic nitrogens is 4. The molecule has 11 heteroatoms. The summed E-state index contributed by atoms with van der Waals surface area (Å²) in [6, 6.07) is 7.10. The molecule has 0 fully saturated rings. The van der Waals surface area contributed by atoms with Crippen molar-refractivity contribution in [2.75, 3.05) is 23.5 Å². The van der Waals surface area contributed by atoms with E-state index >= 15 is 0 Å². The van der Waals surface area contributed by atoms with Crippen molar-refractivity contribution < 1.29 is 14.3 Å². The number of thiazole rings is 1. The van der Waals surface area contributed by atoms with Crippen LogP contribution in [-0.2, 0) is 22.6 Å². The second kappa shape index (κ2) is 10.9. The first-order valence-electron chi connectivity index (χ1n) is 9.73. The monoisotopic (exact) mass is 472 g/mol. The molecule has 168 valence electrons. The first-order valence-corrected chi connectivity index (χ1v) is 11.5. The van der Waals surface area contributed by atoms with Gasteiger partial charge in [-0.2, -0.15) is 0 Å². The average molecular weight is 473 g/mol. The minimum absolute atomic E-state index is 0.0302. The predicted molar refractivity (Wildman–Crippen MR) is 126 cm³/mol. The van der Waals surface area contributed by atoms with E-state index in [1.54, 1.807) is 42.0 Å². The number of methoxy groups -OCH3 is 1. The molecule has 0 bridgehead atoms. The summed E-state index contributed by atoms with van der Waals surface area (Å²) in [6.45, 7) is 8.04. The van der Waals surface area contributed by atoms with Crippen molar-refractivity contribution in [3.05, 3.63) is 53.3 Å². The molecule has 0 aliphatic rings. The molecule has 3 rings (SSSR count). The third-order valence-corrected chi connectivity index (χ3v) is 6.34. The van der Waals surface area contributed by atoms with E-state index in [9.17, 15) is 9.59 Å². The van der Waals surface area contributed by atoms with Gasteiger partial charge in [0.25, 0.3) is 0 Å². The maximum atomic E-state index is 12.5. The first kappa shape index (κ1) is 23.5. The molecular weight excluding hydrogens is 448 g/mol. The molecule has 0 radical (unpaired) electrons. The van der Waals surface area contributed by atoms with Gasteiger partial charge in [-0.25, -0.2) is 4.98 Å². The SMILES string of the molecule is C=CCn1c(CC(=O)Nc2cccc(OC)c2)nnc1SCC(=O)Nc1nc(C)c(C)s1. The van der Waals surface area contributed by atoms with E-state index in [1.807, 2.05) is 13.8 Å². The van der Waals surface area contributed by atoms with Crippen molar-refractivity contribution in [3.8, 4) is 5.75 Å². The van der Waals surface area contributed by atoms with Crippen molar-refractivity contribution in [2.24, 2.45) is 0 Å². The Hall–Kier alpha value is -3.18. The van der Waals surface area contributed by atoms with Gasteiger partial charge in [-0.3, -0.25) is 9.59 Å². The summed E-state index contributed by atoms with van der Waals surface area (Å²) in [5.41, 5.74) is 1.53. The largest absolute Gasteiger partial charge is 0.497 e. The molecule has 2 amide bonds. The minimum Gasteiger partial charge on any atom is -0.497 e. The number of ether oxygens (including phenoxy) is 1. The quantitative estimate of drug-likeness (QED) is 0.343. The maximum absolute atomic E-state index is 12.5. The zero-order valence-electron chi connectivity index (χ0n) is 18.0. The number of rotatable bonds is 10. The summed E-state index contributed by atoms with van der Waals surface area (Å²) in [5.74, 6) is 0.856. The van der Waals surface area contributed by atoms with Crippen LogP contribution in [-0.4, -0.2) is 44.4 Å². The highest BCUT2D eigenvalue weighted by molar-refractivity contribution is 7.99. The van der Waals surface area contributed by atoms with E-state index in [0.29, 0.717) is 34.1 Å². The second-order valence-electron chi connectivity index (χ2n) is 6.75. The summed E-state index contributed by atoms with van der Waals surface area (Å²) in [5, 5.41) is 15.0. The van der Waals surface area contributed by atoms with Crippen molar-refractivity contribution in [2.45, 2.75) is 32.0 Å². The number of hydrogen-bond donors (Lipinski definition) is 2. The fourth-order valence-electron chi connectivity index (χ4n) is 2.73. The lowest BCUT2D eigenvalue weighted by molar-refractivity contribution is -0.116. The summed E-state index contributed by atoms with van der Waals surface area (Å²) in [6.07, 6.45) is 1.72. The number of allylic oxidation sites excluding steroid dienone is 1. The van der Waals surface area contributed by atoms with Gasteiger partial charge in [-0.15, -0.1) is 28.1 Å². The molecule has 9 nitrogen and oxygen atoms in total. The number of hydrogen-bond acceptors (Lipinski definition) is 8. The highest BCUT2D eigenvalue weighted by Gasteiger charge is 2.17. The smallest absolute Gasteiger partial charge is 0.236 e. The number of carbonyl (C=O) groups excluding carboxylic acids is 2. The lowest BCUT2D eigenvalue weighted by atomic mass is 10.3. The Balaban J connectivity index is 1.61. The minimum atomic E-state index is -0.236. The third-order valence-electron chi connectivity index (χ3n) is 4.38. The normalized spacial score (nSPS) is 10.6. The van der Waals surface area contributed by atoms with Crippen molar-refractivity contribution in [1.29, 1.82) is 0 Å². The fraction of sp³-hybridized carbons (Fsp3) is 0.286. The molecule has 0 aliphatic heterocycles. The van der Waals surface area contributed by atoms with Crippen LogP contribution in [0.5, 0.6) is 5.75 Å². The van der Waals surface area contributed by atoms with E-state index in [0.717, 1.165) is 10.6 Å². The van der Waals surface area contributed by atoms with Crippen LogP contribution in [0.3, 0.4) is 0 Å². The molecule has 2 heterocycles. The lowest BCUT2D eigenvalue weighted by Gasteiger charge is -2.09. The van der Waals surface area contributed by atoms with E-state index in [-0.39, 0.29) is 24.0 Å². The Morgan fingerprint density at radius 1 is 1.25 bits per heavy atom. The topological polar surface area (TPSA) is 111 Å². The molecule has 2 N–H and O–H groups in total. The van der Waals surface area contributed by atoms with E-state index in [2.05, 4.69) is 32.4 Å². The van der Waals surface area contributed by atoms with Gasteiger partial charge < -0.3 is 19.9 Å². The Bertz CT molecular complexity index is 1110. The van der Waals surface area contributed by atoms with Gasteiger partial charge in [0.05, 0.1) is 25.0 Å². The highest BCUT2D eigenvalue weighted by atomic mass is 32.2. The Morgan fingerprint density at radius 3 is 2.75 bits per heavy atom. The van der Waals surface area contributed by atoms with E-state index in [1.165, 1.54) is 23.1 Å². The van der Waals surface area contributed by atoms with Crippen LogP contribution in [0.1, 0.15) is 16.4 Å². The lowest BCUT2D eigenvalue weighted by Crippen LogP contribution is -2.18. The molecule has 0 saturated carbocycles. The van der Waals surface area contributed by atoms with Crippen LogP contribution < -0.4 is 15.4 Å². The molecule has 2 aromatic heterocycles. The molecule has 0 unspecified atom stereocenters. The number of benzene rings is 1. The third kappa shape index (κ3) is 6.17. The van der Waals surface area contributed by atoms with Gasteiger partial charge in [0, 0.05) is 23.2 Å². The van der Waals surface area contributed by atoms with Crippen LogP contribution in [0.4, 0.5) is 10.8 Å². The van der Waals surface area contributed by atoms with Crippen molar-refractivity contribution >= 4 is 45.7 Å². The molecule has 1 aromatic carbocycles. The number of aryl methyl sites for hydroxylation is 2. The van der Waals surface area contributed by atoms with Gasteiger partial charge in [0.2, 0.25) is 11.8 Å². The standard InChI is InChI=1S/C21H24N6O3S2/c1-5-9-27-17(11-18(28)23-15-7-6-8-16(10-15)30-4)25-26-21(27)31-12-19(29)24-20-22-13(2)14(3)32-20/h5-8,10H,1,9,11-12H2,2-4H3,(H,23,28)(H,22,24,29). The fourth-order valence-corrected chi connectivity index (χ4v) is 4.33. The number of amides is 2. The van der Waals surface area contributed by atoms with Crippen molar-refractivity contribution in [1.82, 2.24) is 19.7 Å². The van der Waals surface area contributed by atoms with Gasteiger partial charge >= 0.3 is 0 Å². The highest BCUT2D eigenvalue weighted by Crippen LogP contribution is 2.23. The van der Waals surface area contributed by atoms with Gasteiger partial charge in [-0.1, -0.05) is 23.9 Å². The molecule has 0 spiro atoms. The summed E-state index contributed by atoms with van der Waals surface area (Å²) in [4.78, 5) is 30.2. The number of nitrogens with one attached hydrogen (secondary N) is 2. The Labute approximate surface area is 194 Å². The average Bonchev–Trinajstić information content (AvgIpc) is 3.28. The summed E-state index contributed by atoms with van der Waals surface area (Å²) < 4.78 is 6.94. The van der Waals surface area contributed by atoms with Crippen molar-refractivity contribution in [3.63, 3.8) is 0 Å². The molecule has 32 heavy (non-hydrogen) atoms. The van der Waals surface area contributed by atoms with E-state index < -0.39 is 0 Å². The zero-order valence-corrected chi connectivity index (χ0v) is 19.7. The zero-order chi connectivity index (χ0) is 23.1. The van der Waals surface area contributed by atoms with Crippen LogP contribution in [0.25, 0.3) is 0 Å². The molecule has 0 saturated heterocycles. The maximum Gasteiger partial charge on any atom is 0.236 e. The summed E-state index contributed by atoms with van der Waals surface area (Å²) >= 11 is 2.68. The molecular formula is C21H24N6O3S2. The van der Waals surface area contributed by atoms with Crippen LogP contribution >= 0.6 is 23.1 Å². The first-order chi connectivity index (χ1) is 15.4. The van der Waals surface area contributed by atoms with Gasteiger partial charge in [0.1, 0.15) is 11.6 Å². The number of thioether (sulfide) groups is 1. The number of carbonyl (C=O) groups is 2. The number of nitrogens with zero attached hydrogens (tertiary/aromatic N) is 4. The van der Waals surface area contributed by atoms with Crippen LogP contribution in [0.2, 0.25) is 0 Å². The second-order valence-corrected chi connectivity index (χ2v) is 8.90. The predicted octanol–water partition coefficient (Wildman–Crippen LogP) is 3.46.